The van der Waals surface area contributed by atoms with E-state index in [-0.39, 0.29) is 0 Å². The Kier molecular flexibility index (Phi) is 2.80. The lowest BCUT2D eigenvalue weighted by atomic mass is 10.3. The maximum Gasteiger partial charge on any atom is 0.195 e. The first-order chi connectivity index (χ1) is 8.35. The summed E-state index contributed by atoms with van der Waals surface area (Å²) in [6.07, 6.45) is 5.83. The van der Waals surface area contributed by atoms with Crippen molar-refractivity contribution < 1.29 is 0 Å². The summed E-state index contributed by atoms with van der Waals surface area (Å²) in [5.74, 6) is 1.11. The third-order valence-corrected chi connectivity index (χ3v) is 4.01. The summed E-state index contributed by atoms with van der Waals surface area (Å²) < 4.78 is 2.13. The zero-order valence-electron chi connectivity index (χ0n) is 10.1. The first-order valence-corrected chi connectivity index (χ1v) is 7.14. The van der Waals surface area contributed by atoms with Gasteiger partial charge in [0, 0.05) is 30.7 Å². The maximum absolute atomic E-state index is 5.89. The standard InChI is InChI=1S/C12H18N4S/c1-2-5-15(9-3-4-9)11-10(8-13)16-6-7-17-12(16)14-11/h6-7,9H,2-5,8,13H2,1H3. The molecule has 2 N–H and O–H groups in total. The summed E-state index contributed by atoms with van der Waals surface area (Å²) in [5, 5.41) is 2.06. The number of anilines is 1. The van der Waals surface area contributed by atoms with E-state index < -0.39 is 0 Å². The lowest BCUT2D eigenvalue weighted by Gasteiger charge is -2.22. The molecule has 0 spiro atoms. The highest BCUT2D eigenvalue weighted by molar-refractivity contribution is 7.15. The van der Waals surface area contributed by atoms with E-state index in [0.29, 0.717) is 12.6 Å². The number of hydrogen-bond donors (Lipinski definition) is 1. The molecule has 1 aliphatic carbocycles. The third-order valence-electron chi connectivity index (χ3n) is 3.26. The summed E-state index contributed by atoms with van der Waals surface area (Å²) in [6.45, 7) is 3.86. The van der Waals surface area contributed by atoms with Gasteiger partial charge < -0.3 is 10.6 Å². The number of aromatic nitrogens is 2. The van der Waals surface area contributed by atoms with Crippen LogP contribution in [0.3, 0.4) is 0 Å². The van der Waals surface area contributed by atoms with E-state index in [9.17, 15) is 0 Å². The fraction of sp³-hybridized carbons (Fsp3) is 0.583. The number of nitrogens with two attached hydrogens (primary N) is 1. The maximum atomic E-state index is 5.89. The Labute approximate surface area is 105 Å². The topological polar surface area (TPSA) is 46.6 Å². The van der Waals surface area contributed by atoms with E-state index in [1.807, 2.05) is 0 Å². The molecule has 0 bridgehead atoms. The average molecular weight is 250 g/mol. The van der Waals surface area contributed by atoms with Crippen LogP contribution in [-0.2, 0) is 6.54 Å². The smallest absolute Gasteiger partial charge is 0.195 e. The van der Waals surface area contributed by atoms with Gasteiger partial charge in [-0.15, -0.1) is 11.3 Å². The molecule has 0 aromatic carbocycles. The van der Waals surface area contributed by atoms with E-state index in [4.69, 9.17) is 10.7 Å². The highest BCUT2D eigenvalue weighted by Crippen LogP contribution is 2.34. The molecule has 92 valence electrons. The highest BCUT2D eigenvalue weighted by Gasteiger charge is 2.31. The van der Waals surface area contributed by atoms with E-state index in [2.05, 4.69) is 27.8 Å². The van der Waals surface area contributed by atoms with Gasteiger partial charge in [0.1, 0.15) is 0 Å². The zero-order chi connectivity index (χ0) is 11.8. The van der Waals surface area contributed by atoms with Gasteiger partial charge in [0.15, 0.2) is 10.8 Å². The summed E-state index contributed by atoms with van der Waals surface area (Å²) in [5.41, 5.74) is 7.05. The quantitative estimate of drug-likeness (QED) is 0.885. The van der Waals surface area contributed by atoms with Crippen molar-refractivity contribution in [1.29, 1.82) is 0 Å². The van der Waals surface area contributed by atoms with Crippen LogP contribution < -0.4 is 10.6 Å². The molecular formula is C12H18N4S. The first kappa shape index (κ1) is 11.0. The molecule has 0 radical (unpaired) electrons. The van der Waals surface area contributed by atoms with Gasteiger partial charge in [0.25, 0.3) is 0 Å². The zero-order valence-corrected chi connectivity index (χ0v) is 10.9. The van der Waals surface area contributed by atoms with Crippen LogP contribution >= 0.6 is 11.3 Å². The van der Waals surface area contributed by atoms with Gasteiger partial charge in [-0.3, -0.25) is 4.40 Å². The van der Waals surface area contributed by atoms with E-state index >= 15 is 0 Å². The average Bonchev–Trinajstić information content (AvgIpc) is 2.96. The van der Waals surface area contributed by atoms with Gasteiger partial charge in [0.2, 0.25) is 0 Å². The Morgan fingerprint density at radius 2 is 2.41 bits per heavy atom. The van der Waals surface area contributed by atoms with Crippen molar-refractivity contribution in [3.63, 3.8) is 0 Å². The molecule has 4 nitrogen and oxygen atoms in total. The van der Waals surface area contributed by atoms with Gasteiger partial charge >= 0.3 is 0 Å². The van der Waals surface area contributed by atoms with Gasteiger partial charge in [-0.25, -0.2) is 4.98 Å². The molecule has 0 saturated heterocycles. The SMILES string of the molecule is CCCN(c1nc2sccn2c1CN)C1CC1. The Morgan fingerprint density at radius 3 is 3.06 bits per heavy atom. The van der Waals surface area contributed by atoms with Crippen molar-refractivity contribution in [3.8, 4) is 0 Å². The summed E-state index contributed by atoms with van der Waals surface area (Å²) in [6, 6.07) is 0.699. The Morgan fingerprint density at radius 1 is 1.59 bits per heavy atom. The molecule has 5 heteroatoms. The van der Waals surface area contributed by atoms with Crippen LogP contribution in [0.4, 0.5) is 5.82 Å². The largest absolute Gasteiger partial charge is 0.352 e. The summed E-state index contributed by atoms with van der Waals surface area (Å²) in [7, 11) is 0. The molecule has 1 saturated carbocycles. The van der Waals surface area contributed by atoms with Crippen LogP contribution in [0.5, 0.6) is 0 Å². The molecule has 1 aliphatic rings. The minimum atomic E-state index is 0.556. The van der Waals surface area contributed by atoms with Gasteiger partial charge in [-0.1, -0.05) is 6.92 Å². The van der Waals surface area contributed by atoms with Crippen molar-refractivity contribution in [1.82, 2.24) is 9.38 Å². The fourth-order valence-corrected chi connectivity index (χ4v) is 3.06. The number of nitrogens with zero attached hydrogens (tertiary/aromatic N) is 3. The van der Waals surface area contributed by atoms with Crippen LogP contribution in [-0.4, -0.2) is 22.0 Å². The number of imidazole rings is 1. The Hall–Kier alpha value is -1.07. The molecule has 2 heterocycles. The molecule has 3 rings (SSSR count). The van der Waals surface area contributed by atoms with E-state index in [1.165, 1.54) is 12.8 Å². The van der Waals surface area contributed by atoms with E-state index in [0.717, 1.165) is 29.4 Å². The first-order valence-electron chi connectivity index (χ1n) is 6.26. The predicted molar refractivity (Wildman–Crippen MR) is 71.6 cm³/mol. The second-order valence-electron chi connectivity index (χ2n) is 4.57. The van der Waals surface area contributed by atoms with Crippen molar-refractivity contribution in [2.45, 2.75) is 38.8 Å². The van der Waals surface area contributed by atoms with Gasteiger partial charge in [-0.2, -0.15) is 0 Å². The van der Waals surface area contributed by atoms with E-state index in [1.54, 1.807) is 11.3 Å². The molecule has 0 unspecified atom stereocenters. The third kappa shape index (κ3) is 1.83. The minimum absolute atomic E-state index is 0.556. The normalized spacial score (nSPS) is 15.6. The lowest BCUT2D eigenvalue weighted by molar-refractivity contribution is 0.745. The predicted octanol–water partition coefficient (Wildman–Crippen LogP) is 2.23. The second kappa shape index (κ2) is 4.31. The molecule has 2 aromatic heterocycles. The van der Waals surface area contributed by atoms with Crippen molar-refractivity contribution in [2.24, 2.45) is 5.73 Å². The molecule has 17 heavy (non-hydrogen) atoms. The molecule has 0 atom stereocenters. The molecular weight excluding hydrogens is 232 g/mol. The minimum Gasteiger partial charge on any atom is -0.352 e. The number of rotatable bonds is 5. The van der Waals surface area contributed by atoms with Crippen LogP contribution in [0.1, 0.15) is 31.9 Å². The molecule has 0 aliphatic heterocycles. The number of hydrogen-bond acceptors (Lipinski definition) is 4. The highest BCUT2D eigenvalue weighted by atomic mass is 32.1. The monoisotopic (exact) mass is 250 g/mol. The van der Waals surface area contributed by atoms with Crippen LogP contribution in [0, 0.1) is 0 Å². The lowest BCUT2D eigenvalue weighted by Crippen LogP contribution is -2.28. The summed E-state index contributed by atoms with van der Waals surface area (Å²) in [4.78, 5) is 8.26. The van der Waals surface area contributed by atoms with Crippen LogP contribution in [0.2, 0.25) is 0 Å². The number of thiazole rings is 1. The van der Waals surface area contributed by atoms with Crippen LogP contribution in [0.15, 0.2) is 11.6 Å². The second-order valence-corrected chi connectivity index (χ2v) is 5.44. The molecule has 0 amide bonds. The molecule has 1 fully saturated rings. The van der Waals surface area contributed by atoms with Crippen LogP contribution in [0.25, 0.3) is 4.96 Å². The van der Waals surface area contributed by atoms with Gasteiger partial charge in [0.05, 0.1) is 5.69 Å². The fourth-order valence-electron chi connectivity index (χ4n) is 2.33. The Balaban J connectivity index is 2.04. The number of fused-ring (bicyclic) bond motifs is 1. The van der Waals surface area contributed by atoms with Crippen molar-refractivity contribution in [3.05, 3.63) is 17.3 Å². The van der Waals surface area contributed by atoms with Gasteiger partial charge in [-0.05, 0) is 19.3 Å². The van der Waals surface area contributed by atoms with Crippen molar-refractivity contribution in [2.75, 3.05) is 11.4 Å². The molecule has 2 aromatic rings. The summed E-state index contributed by atoms with van der Waals surface area (Å²) >= 11 is 1.67. The Bertz CT molecular complexity index is 512. The van der Waals surface area contributed by atoms with Crippen molar-refractivity contribution >= 4 is 22.1 Å².